The third kappa shape index (κ3) is 5.29. The number of anilines is 1. The van der Waals surface area contributed by atoms with Gasteiger partial charge in [0.25, 0.3) is 11.6 Å². The van der Waals surface area contributed by atoms with Crippen molar-refractivity contribution < 1.29 is 27.7 Å². The maximum absolute atomic E-state index is 12.6. The number of non-ortho nitro benzene ring substituents is 1. The van der Waals surface area contributed by atoms with Crippen molar-refractivity contribution in [3.8, 4) is 0 Å². The minimum atomic E-state index is -3.96. The predicted octanol–water partition coefficient (Wildman–Crippen LogP) is 2.99. The van der Waals surface area contributed by atoms with Gasteiger partial charge in [0.2, 0.25) is 9.84 Å². The Bertz CT molecular complexity index is 1230. The van der Waals surface area contributed by atoms with E-state index in [9.17, 15) is 28.1 Å². The molecule has 0 fully saturated rings. The van der Waals surface area contributed by atoms with Crippen LogP contribution in [-0.4, -0.2) is 36.8 Å². The number of nitrogens with zero attached hydrogens (tertiary/aromatic N) is 2. The van der Waals surface area contributed by atoms with Gasteiger partial charge in [-0.15, -0.1) is 0 Å². The van der Waals surface area contributed by atoms with E-state index in [0.717, 1.165) is 36.0 Å². The van der Waals surface area contributed by atoms with E-state index >= 15 is 0 Å². The molecular weight excluding hydrogens is 446 g/mol. The summed E-state index contributed by atoms with van der Waals surface area (Å²) >= 11 is 0.700. The molecule has 2 aromatic carbocycles. The number of nitro benzene ring substituents is 1. The van der Waals surface area contributed by atoms with Crippen molar-refractivity contribution in [2.24, 2.45) is 0 Å². The molecule has 0 aliphatic rings. The zero-order valence-electron chi connectivity index (χ0n) is 16.0. The fourth-order valence-electron chi connectivity index (χ4n) is 2.36. The zero-order chi connectivity index (χ0) is 22.6. The number of carbonyl (C=O) groups excluding carboxylic acids is 2. The Morgan fingerprint density at radius 1 is 1.13 bits per heavy atom. The lowest BCUT2D eigenvalue weighted by atomic mass is 10.1. The molecule has 0 spiro atoms. The van der Waals surface area contributed by atoms with Crippen LogP contribution in [-0.2, 0) is 19.4 Å². The van der Waals surface area contributed by atoms with Gasteiger partial charge in [0.1, 0.15) is 4.21 Å². The molecule has 160 valence electrons. The number of thiazole rings is 1. The number of ether oxygens (including phenoxy) is 1. The maximum Gasteiger partial charge on any atom is 0.338 e. The fraction of sp³-hybridized carbons (Fsp3) is 0.105. The highest BCUT2D eigenvalue weighted by Gasteiger charge is 2.22. The van der Waals surface area contributed by atoms with E-state index in [-0.39, 0.29) is 19.9 Å². The van der Waals surface area contributed by atoms with Crippen LogP contribution in [0.4, 0.5) is 10.8 Å². The molecule has 0 saturated heterocycles. The van der Waals surface area contributed by atoms with Crippen LogP contribution in [0.3, 0.4) is 0 Å². The summed E-state index contributed by atoms with van der Waals surface area (Å²) in [4.78, 5) is 37.7. The number of aryl methyl sites for hydroxylation is 1. The molecule has 0 unspecified atom stereocenters. The van der Waals surface area contributed by atoms with Gasteiger partial charge in [-0.1, -0.05) is 29.0 Å². The number of hydrogen-bond acceptors (Lipinski definition) is 9. The van der Waals surface area contributed by atoms with Crippen molar-refractivity contribution in [1.82, 2.24) is 4.98 Å². The molecule has 1 amide bonds. The number of amides is 1. The first-order valence-electron chi connectivity index (χ1n) is 8.66. The highest BCUT2D eigenvalue weighted by atomic mass is 32.2. The topological polar surface area (TPSA) is 146 Å². The minimum Gasteiger partial charge on any atom is -0.452 e. The summed E-state index contributed by atoms with van der Waals surface area (Å²) in [6, 6.07) is 11.0. The van der Waals surface area contributed by atoms with E-state index in [1.165, 1.54) is 0 Å². The van der Waals surface area contributed by atoms with E-state index in [2.05, 4.69) is 10.3 Å². The van der Waals surface area contributed by atoms with Gasteiger partial charge in [-0.25, -0.2) is 18.2 Å². The van der Waals surface area contributed by atoms with Crippen molar-refractivity contribution in [1.29, 1.82) is 0 Å². The van der Waals surface area contributed by atoms with Gasteiger partial charge in [0.05, 0.1) is 21.6 Å². The van der Waals surface area contributed by atoms with Crippen LogP contribution in [0.2, 0.25) is 0 Å². The average molecular weight is 461 g/mol. The predicted molar refractivity (Wildman–Crippen MR) is 111 cm³/mol. The van der Waals surface area contributed by atoms with Gasteiger partial charge in [0, 0.05) is 12.1 Å². The van der Waals surface area contributed by atoms with E-state index in [0.29, 0.717) is 16.9 Å². The quantitative estimate of drug-likeness (QED) is 0.321. The van der Waals surface area contributed by atoms with Crippen LogP contribution in [0.5, 0.6) is 0 Å². The molecule has 0 aliphatic heterocycles. The van der Waals surface area contributed by atoms with Gasteiger partial charge in [-0.05, 0) is 31.2 Å². The molecule has 1 aromatic heterocycles. The van der Waals surface area contributed by atoms with Crippen LogP contribution in [0.25, 0.3) is 0 Å². The molecule has 0 radical (unpaired) electrons. The first kappa shape index (κ1) is 22.1. The summed E-state index contributed by atoms with van der Waals surface area (Å²) in [6.45, 7) is 1.30. The second-order valence-electron chi connectivity index (χ2n) is 6.23. The van der Waals surface area contributed by atoms with Gasteiger partial charge >= 0.3 is 5.97 Å². The Kier molecular flexibility index (Phi) is 6.42. The van der Waals surface area contributed by atoms with Crippen LogP contribution < -0.4 is 5.32 Å². The first-order chi connectivity index (χ1) is 14.7. The van der Waals surface area contributed by atoms with Crippen LogP contribution in [0.1, 0.15) is 15.9 Å². The molecule has 0 bridgehead atoms. The third-order valence-corrected chi connectivity index (χ3v) is 7.12. The second kappa shape index (κ2) is 9.02. The van der Waals surface area contributed by atoms with E-state index in [1.54, 1.807) is 24.3 Å². The number of carbonyl (C=O) groups is 2. The summed E-state index contributed by atoms with van der Waals surface area (Å²) in [7, 11) is -3.96. The molecule has 1 N–H and O–H groups in total. The van der Waals surface area contributed by atoms with Gasteiger partial charge in [-0.3, -0.25) is 20.2 Å². The monoisotopic (exact) mass is 461 g/mol. The number of esters is 1. The molecule has 12 heteroatoms. The highest BCUT2D eigenvalue weighted by Crippen LogP contribution is 2.29. The van der Waals surface area contributed by atoms with Crippen molar-refractivity contribution in [2.45, 2.75) is 16.0 Å². The molecule has 10 nitrogen and oxygen atoms in total. The normalized spacial score (nSPS) is 11.0. The van der Waals surface area contributed by atoms with Gasteiger partial charge in [0.15, 0.2) is 11.7 Å². The van der Waals surface area contributed by atoms with Crippen molar-refractivity contribution in [3.63, 3.8) is 0 Å². The zero-order valence-corrected chi connectivity index (χ0v) is 17.6. The molecule has 3 aromatic rings. The van der Waals surface area contributed by atoms with Crippen LogP contribution >= 0.6 is 11.3 Å². The second-order valence-corrected chi connectivity index (χ2v) is 9.44. The van der Waals surface area contributed by atoms with Gasteiger partial charge in [-0.2, -0.15) is 0 Å². The minimum absolute atomic E-state index is 0.00290. The smallest absolute Gasteiger partial charge is 0.338 e. The fourth-order valence-corrected chi connectivity index (χ4v) is 4.81. The Hall–Kier alpha value is -3.64. The molecule has 0 atom stereocenters. The number of benzene rings is 2. The maximum atomic E-state index is 12.6. The van der Waals surface area contributed by atoms with E-state index in [1.807, 2.05) is 6.92 Å². The number of sulfone groups is 1. The first-order valence-corrected chi connectivity index (χ1v) is 11.0. The largest absolute Gasteiger partial charge is 0.452 e. The SMILES string of the molecule is Cc1ccc(C(=O)OCC(=O)Nc2ncc(S(=O)(=O)c3ccc([N+](=O)[O-])cc3)s2)cc1. The molecule has 0 saturated carbocycles. The number of rotatable bonds is 7. The lowest BCUT2D eigenvalue weighted by molar-refractivity contribution is -0.384. The van der Waals surface area contributed by atoms with Gasteiger partial charge < -0.3 is 4.74 Å². The molecule has 3 rings (SSSR count). The number of aromatic nitrogens is 1. The lowest BCUT2D eigenvalue weighted by Crippen LogP contribution is -2.20. The summed E-state index contributed by atoms with van der Waals surface area (Å²) in [5.74, 6) is -1.36. The summed E-state index contributed by atoms with van der Waals surface area (Å²) in [6.07, 6.45) is 1.06. The third-order valence-electron chi connectivity index (χ3n) is 3.98. The summed E-state index contributed by atoms with van der Waals surface area (Å²) in [5.41, 5.74) is 1.03. The van der Waals surface area contributed by atoms with Crippen LogP contribution in [0, 0.1) is 17.0 Å². The highest BCUT2D eigenvalue weighted by molar-refractivity contribution is 7.93. The standard InChI is InChI=1S/C19H15N3O7S2/c1-12-2-4-13(5-3-12)18(24)29-11-16(23)21-19-20-10-17(30-19)31(27,28)15-8-6-14(7-9-15)22(25)26/h2-10H,11H2,1H3,(H,20,21,23). The van der Waals surface area contributed by atoms with Crippen LogP contribution in [0.15, 0.2) is 63.8 Å². The molecular formula is C19H15N3O7S2. The Morgan fingerprint density at radius 3 is 2.39 bits per heavy atom. The Morgan fingerprint density at radius 2 is 1.77 bits per heavy atom. The Labute approximate surface area is 180 Å². The number of nitro groups is 1. The lowest BCUT2D eigenvalue weighted by Gasteiger charge is -2.05. The molecule has 31 heavy (non-hydrogen) atoms. The number of nitrogens with one attached hydrogen (secondary N) is 1. The van der Waals surface area contributed by atoms with Crippen molar-refractivity contribution >= 4 is 43.9 Å². The number of hydrogen-bond donors (Lipinski definition) is 1. The molecule has 0 aliphatic carbocycles. The average Bonchev–Trinajstić information content (AvgIpc) is 3.22. The summed E-state index contributed by atoms with van der Waals surface area (Å²) in [5, 5.41) is 13.1. The van der Waals surface area contributed by atoms with E-state index < -0.39 is 33.2 Å². The van der Waals surface area contributed by atoms with Crippen molar-refractivity contribution in [3.05, 3.63) is 76.0 Å². The van der Waals surface area contributed by atoms with Crippen molar-refractivity contribution in [2.75, 3.05) is 11.9 Å². The summed E-state index contributed by atoms with van der Waals surface area (Å²) < 4.78 is 30.0. The van der Waals surface area contributed by atoms with E-state index in [4.69, 9.17) is 4.74 Å². The molecule has 1 heterocycles. The Balaban J connectivity index is 1.62.